The molecule has 0 fully saturated rings. The Hall–Kier alpha value is -2.67. The van der Waals surface area contributed by atoms with Crippen LogP contribution in [0.3, 0.4) is 0 Å². The average molecular weight is 341 g/mol. The van der Waals surface area contributed by atoms with Gasteiger partial charge in [-0.3, -0.25) is 14.8 Å². The molecule has 9 nitrogen and oxygen atoms in total. The van der Waals surface area contributed by atoms with Gasteiger partial charge in [0.05, 0.1) is 4.92 Å². The maximum atomic E-state index is 12.7. The third-order valence-electron chi connectivity index (χ3n) is 2.71. The molecule has 0 N–H and O–H groups in total. The van der Waals surface area contributed by atoms with E-state index in [0.717, 1.165) is 17.1 Å². The van der Waals surface area contributed by atoms with Gasteiger partial charge in [-0.25, -0.2) is 13.5 Å². The van der Waals surface area contributed by atoms with Crippen molar-refractivity contribution in [3.8, 4) is 0 Å². The van der Waals surface area contributed by atoms with Crippen LogP contribution < -0.4 is 0 Å². The molecule has 0 bridgehead atoms. The van der Waals surface area contributed by atoms with Crippen LogP contribution in [0.1, 0.15) is 18.3 Å². The first-order chi connectivity index (χ1) is 10.7. The molecule has 0 aliphatic rings. The monoisotopic (exact) mass is 341 g/mol. The van der Waals surface area contributed by atoms with Gasteiger partial charge in [0.1, 0.15) is 25.0 Å². The van der Waals surface area contributed by atoms with Crippen LogP contribution in [0.25, 0.3) is 0 Å². The summed E-state index contributed by atoms with van der Waals surface area (Å²) in [6, 6.07) is -1.49. The SMILES string of the molecule is O=[N+]([O-])c1cnn(C(CC(F)F)c2nnnn2CC(F)(F)F)c1. The second-order valence-electron chi connectivity index (χ2n) is 4.39. The molecule has 126 valence electrons. The smallest absolute Gasteiger partial charge is 0.258 e. The van der Waals surface area contributed by atoms with Crippen LogP contribution in [0.15, 0.2) is 12.4 Å². The lowest BCUT2D eigenvalue weighted by Gasteiger charge is -2.16. The van der Waals surface area contributed by atoms with E-state index in [4.69, 9.17) is 0 Å². The van der Waals surface area contributed by atoms with Crippen molar-refractivity contribution in [1.82, 2.24) is 30.0 Å². The lowest BCUT2D eigenvalue weighted by atomic mass is 10.2. The van der Waals surface area contributed by atoms with E-state index >= 15 is 0 Å². The highest BCUT2D eigenvalue weighted by Crippen LogP contribution is 2.26. The van der Waals surface area contributed by atoms with Crippen molar-refractivity contribution in [3.05, 3.63) is 28.3 Å². The minimum atomic E-state index is -4.67. The number of hydrogen-bond acceptors (Lipinski definition) is 6. The Morgan fingerprint density at radius 3 is 2.57 bits per heavy atom. The lowest BCUT2D eigenvalue weighted by Crippen LogP contribution is -2.25. The van der Waals surface area contributed by atoms with Gasteiger partial charge in [-0.2, -0.15) is 18.3 Å². The van der Waals surface area contributed by atoms with E-state index in [2.05, 4.69) is 20.6 Å². The molecule has 0 spiro atoms. The van der Waals surface area contributed by atoms with Gasteiger partial charge >= 0.3 is 11.9 Å². The lowest BCUT2D eigenvalue weighted by molar-refractivity contribution is -0.385. The summed E-state index contributed by atoms with van der Waals surface area (Å²) in [5, 5.41) is 23.6. The zero-order chi connectivity index (χ0) is 17.2. The second kappa shape index (κ2) is 6.21. The van der Waals surface area contributed by atoms with E-state index in [1.165, 1.54) is 0 Å². The summed E-state index contributed by atoms with van der Waals surface area (Å²) in [6.07, 6.45) is -6.94. The number of alkyl halides is 5. The van der Waals surface area contributed by atoms with Crippen LogP contribution >= 0.6 is 0 Å². The molecule has 0 radical (unpaired) electrons. The third-order valence-corrected chi connectivity index (χ3v) is 2.71. The van der Waals surface area contributed by atoms with E-state index in [1.54, 1.807) is 0 Å². The molecular formula is C9H8F5N7O2. The normalized spacial score (nSPS) is 13.5. The number of tetrazole rings is 1. The zero-order valence-corrected chi connectivity index (χ0v) is 11.1. The molecular weight excluding hydrogens is 333 g/mol. The van der Waals surface area contributed by atoms with Crippen LogP contribution in [-0.2, 0) is 6.54 Å². The van der Waals surface area contributed by atoms with E-state index < -0.39 is 48.0 Å². The number of aromatic nitrogens is 6. The molecule has 1 unspecified atom stereocenters. The predicted octanol–water partition coefficient (Wildman–Crippen LogP) is 1.58. The van der Waals surface area contributed by atoms with Gasteiger partial charge in [0.2, 0.25) is 6.43 Å². The highest BCUT2D eigenvalue weighted by atomic mass is 19.4. The molecule has 1 atom stereocenters. The van der Waals surface area contributed by atoms with Gasteiger partial charge in [-0.15, -0.1) is 5.10 Å². The van der Waals surface area contributed by atoms with Crippen LogP contribution in [0, 0.1) is 10.1 Å². The Labute approximate surface area is 123 Å². The predicted molar refractivity (Wildman–Crippen MR) is 61.5 cm³/mol. The van der Waals surface area contributed by atoms with Crippen molar-refractivity contribution in [2.75, 3.05) is 0 Å². The summed E-state index contributed by atoms with van der Waals surface area (Å²) < 4.78 is 63.9. The van der Waals surface area contributed by atoms with Crippen molar-refractivity contribution in [2.24, 2.45) is 0 Å². The zero-order valence-electron chi connectivity index (χ0n) is 11.1. The first kappa shape index (κ1) is 16.7. The largest absolute Gasteiger partial charge is 0.408 e. The number of halogens is 5. The molecule has 23 heavy (non-hydrogen) atoms. The topological polar surface area (TPSA) is 105 Å². The molecule has 0 saturated heterocycles. The first-order valence-electron chi connectivity index (χ1n) is 5.97. The van der Waals surface area contributed by atoms with Crippen LogP contribution in [0.5, 0.6) is 0 Å². The van der Waals surface area contributed by atoms with Crippen LogP contribution in [0.2, 0.25) is 0 Å². The van der Waals surface area contributed by atoms with Crippen LogP contribution in [0.4, 0.5) is 27.6 Å². The fraction of sp³-hybridized carbons (Fsp3) is 0.556. The van der Waals surface area contributed by atoms with Gasteiger partial charge < -0.3 is 0 Å². The second-order valence-corrected chi connectivity index (χ2v) is 4.39. The minimum Gasteiger partial charge on any atom is -0.258 e. The molecule has 0 aliphatic heterocycles. The third kappa shape index (κ3) is 4.17. The quantitative estimate of drug-likeness (QED) is 0.449. The van der Waals surface area contributed by atoms with Crippen molar-refractivity contribution in [1.29, 1.82) is 0 Å². The maximum Gasteiger partial charge on any atom is 0.408 e. The van der Waals surface area contributed by atoms with Crippen molar-refractivity contribution in [3.63, 3.8) is 0 Å². The highest BCUT2D eigenvalue weighted by Gasteiger charge is 2.33. The van der Waals surface area contributed by atoms with E-state index in [1.807, 2.05) is 0 Å². The summed E-state index contributed by atoms with van der Waals surface area (Å²) in [7, 11) is 0. The summed E-state index contributed by atoms with van der Waals surface area (Å²) in [5.41, 5.74) is -0.501. The summed E-state index contributed by atoms with van der Waals surface area (Å²) in [5.74, 6) is -0.527. The van der Waals surface area contributed by atoms with E-state index in [0.29, 0.717) is 4.68 Å². The number of hydrogen-bond donors (Lipinski definition) is 0. The summed E-state index contributed by atoms with van der Waals surface area (Å²) in [4.78, 5) is 9.79. The molecule has 0 aromatic carbocycles. The fourth-order valence-electron chi connectivity index (χ4n) is 1.83. The molecule has 0 amide bonds. The average Bonchev–Trinajstić information content (AvgIpc) is 3.02. The number of rotatable bonds is 6. The first-order valence-corrected chi connectivity index (χ1v) is 5.97. The Kier molecular flexibility index (Phi) is 4.51. The van der Waals surface area contributed by atoms with Crippen LogP contribution in [-0.4, -0.2) is 47.5 Å². The Morgan fingerprint density at radius 1 is 1.35 bits per heavy atom. The molecule has 2 aromatic heterocycles. The van der Waals surface area contributed by atoms with Gasteiger partial charge in [-0.1, -0.05) is 0 Å². The molecule has 14 heteroatoms. The van der Waals surface area contributed by atoms with Gasteiger partial charge in [0, 0.05) is 6.42 Å². The van der Waals surface area contributed by atoms with Gasteiger partial charge in [-0.05, 0) is 10.4 Å². The van der Waals surface area contributed by atoms with Crippen molar-refractivity contribution in [2.45, 2.75) is 31.6 Å². The maximum absolute atomic E-state index is 12.7. The standard InChI is InChI=1S/C9H8F5N7O2/c10-7(11)1-6(19-3-5(2-15-19)21(22)23)8-16-17-18-20(8)4-9(12,13)14/h2-3,6-7H,1,4H2. The Morgan fingerprint density at radius 2 is 2.04 bits per heavy atom. The number of nitro groups is 1. The number of nitrogens with zero attached hydrogens (tertiary/aromatic N) is 7. The van der Waals surface area contributed by atoms with Gasteiger partial charge in [0.25, 0.3) is 0 Å². The van der Waals surface area contributed by atoms with E-state index in [-0.39, 0.29) is 0 Å². The Bertz CT molecular complexity index is 682. The molecule has 2 rings (SSSR count). The molecule has 0 aliphatic carbocycles. The Balaban J connectivity index is 2.39. The van der Waals surface area contributed by atoms with Crippen molar-refractivity contribution < 1.29 is 26.9 Å². The van der Waals surface area contributed by atoms with Gasteiger partial charge in [0.15, 0.2) is 5.82 Å². The molecule has 2 heterocycles. The summed E-state index contributed by atoms with van der Waals surface area (Å²) >= 11 is 0. The minimum absolute atomic E-state index is 0.306. The van der Waals surface area contributed by atoms with Crippen molar-refractivity contribution >= 4 is 5.69 Å². The highest BCUT2D eigenvalue weighted by molar-refractivity contribution is 5.21. The molecule has 2 aromatic rings. The summed E-state index contributed by atoms with van der Waals surface area (Å²) in [6.45, 7) is -1.58. The fourth-order valence-corrected chi connectivity index (χ4v) is 1.83. The molecule has 0 saturated carbocycles. The van der Waals surface area contributed by atoms with E-state index in [9.17, 15) is 32.1 Å².